The number of phenolic OH excluding ortho intramolecular Hbond substituents is 1. The Bertz CT molecular complexity index is 787. The zero-order valence-electron chi connectivity index (χ0n) is 13.5. The summed E-state index contributed by atoms with van der Waals surface area (Å²) in [7, 11) is 2.71. The van der Waals surface area contributed by atoms with Gasteiger partial charge in [0, 0.05) is 5.56 Å². The van der Waals surface area contributed by atoms with Gasteiger partial charge in [-0.3, -0.25) is 4.79 Å². The van der Waals surface area contributed by atoms with Gasteiger partial charge in [-0.25, -0.2) is 0 Å². The molecular formula is C18H16F2O5. The minimum absolute atomic E-state index is 0.0672. The van der Waals surface area contributed by atoms with Crippen molar-refractivity contribution in [3.8, 4) is 23.0 Å². The fraction of sp³-hybridized carbons (Fsp3) is 0.167. The number of alkyl halides is 2. The summed E-state index contributed by atoms with van der Waals surface area (Å²) in [6.45, 7) is -2.96. The molecule has 0 unspecified atom stereocenters. The number of carbonyl (C=O) groups is 1. The van der Waals surface area contributed by atoms with Crippen LogP contribution in [0.3, 0.4) is 0 Å². The van der Waals surface area contributed by atoms with Crippen molar-refractivity contribution in [1.82, 2.24) is 0 Å². The molecule has 0 saturated heterocycles. The van der Waals surface area contributed by atoms with E-state index in [1.54, 1.807) is 0 Å². The van der Waals surface area contributed by atoms with E-state index >= 15 is 0 Å². The van der Waals surface area contributed by atoms with E-state index in [-0.39, 0.29) is 28.8 Å². The van der Waals surface area contributed by atoms with Crippen molar-refractivity contribution >= 4 is 11.9 Å². The largest absolute Gasteiger partial charge is 0.504 e. The standard InChI is InChI=1S/C18H16F2O5/c1-23-16-10-12(5-7-14(16)22)13(21)6-3-11-4-8-15(25-18(19)20)17(9-11)24-2/h3-10,18,22H,1-2H3. The zero-order valence-corrected chi connectivity index (χ0v) is 13.5. The number of hydrogen-bond acceptors (Lipinski definition) is 5. The van der Waals surface area contributed by atoms with E-state index in [2.05, 4.69) is 4.74 Å². The Hall–Kier alpha value is -3.09. The molecule has 0 fully saturated rings. The third-order valence-electron chi connectivity index (χ3n) is 3.30. The Balaban J connectivity index is 2.19. The van der Waals surface area contributed by atoms with Crippen LogP contribution in [0.4, 0.5) is 8.78 Å². The molecule has 2 aromatic carbocycles. The molecule has 132 valence electrons. The molecule has 7 heteroatoms. The summed E-state index contributed by atoms with van der Waals surface area (Å²) in [5, 5.41) is 9.54. The summed E-state index contributed by atoms with van der Waals surface area (Å²) < 4.78 is 38.9. The van der Waals surface area contributed by atoms with Gasteiger partial charge in [-0.1, -0.05) is 12.1 Å². The Morgan fingerprint density at radius 3 is 2.40 bits per heavy atom. The van der Waals surface area contributed by atoms with Crippen LogP contribution >= 0.6 is 0 Å². The summed E-state index contributed by atoms with van der Waals surface area (Å²) in [5.74, 6) is -0.160. The highest BCUT2D eigenvalue weighted by atomic mass is 19.3. The predicted octanol–water partition coefficient (Wildman–Crippen LogP) is 3.91. The molecule has 0 spiro atoms. The minimum Gasteiger partial charge on any atom is -0.504 e. The molecule has 0 aromatic heterocycles. The maximum Gasteiger partial charge on any atom is 0.387 e. The Morgan fingerprint density at radius 1 is 1.04 bits per heavy atom. The van der Waals surface area contributed by atoms with Crippen LogP contribution in [0.5, 0.6) is 23.0 Å². The van der Waals surface area contributed by atoms with Crippen LogP contribution in [0, 0.1) is 0 Å². The second-order valence-corrected chi connectivity index (χ2v) is 4.87. The lowest BCUT2D eigenvalue weighted by molar-refractivity contribution is -0.0512. The van der Waals surface area contributed by atoms with E-state index in [0.717, 1.165) is 0 Å². The lowest BCUT2D eigenvalue weighted by atomic mass is 10.1. The summed E-state index contributed by atoms with van der Waals surface area (Å²) in [5.41, 5.74) is 0.896. The second kappa shape index (κ2) is 8.14. The van der Waals surface area contributed by atoms with E-state index in [0.29, 0.717) is 11.1 Å². The Kier molecular flexibility index (Phi) is 5.94. The highest BCUT2D eigenvalue weighted by Crippen LogP contribution is 2.30. The number of aromatic hydroxyl groups is 1. The third-order valence-corrected chi connectivity index (χ3v) is 3.30. The minimum atomic E-state index is -2.96. The van der Waals surface area contributed by atoms with Crippen LogP contribution in [-0.4, -0.2) is 31.7 Å². The summed E-state index contributed by atoms with van der Waals surface area (Å²) in [6.07, 6.45) is 2.82. The van der Waals surface area contributed by atoms with Crippen molar-refractivity contribution in [3.05, 3.63) is 53.6 Å². The lowest BCUT2D eigenvalue weighted by Gasteiger charge is -2.10. The maximum absolute atomic E-state index is 12.3. The van der Waals surface area contributed by atoms with Gasteiger partial charge in [0.15, 0.2) is 28.8 Å². The van der Waals surface area contributed by atoms with Crippen LogP contribution in [-0.2, 0) is 0 Å². The highest BCUT2D eigenvalue weighted by molar-refractivity contribution is 6.07. The molecule has 0 aliphatic heterocycles. The highest BCUT2D eigenvalue weighted by Gasteiger charge is 2.11. The van der Waals surface area contributed by atoms with E-state index in [1.807, 2.05) is 0 Å². The van der Waals surface area contributed by atoms with Gasteiger partial charge in [-0.15, -0.1) is 0 Å². The monoisotopic (exact) mass is 350 g/mol. The van der Waals surface area contributed by atoms with Crippen LogP contribution < -0.4 is 14.2 Å². The number of carbonyl (C=O) groups excluding carboxylic acids is 1. The number of methoxy groups -OCH3 is 2. The molecule has 0 amide bonds. The van der Waals surface area contributed by atoms with Crippen LogP contribution in [0.1, 0.15) is 15.9 Å². The van der Waals surface area contributed by atoms with E-state index in [4.69, 9.17) is 9.47 Å². The van der Waals surface area contributed by atoms with Gasteiger partial charge in [0.2, 0.25) is 0 Å². The first-order valence-corrected chi connectivity index (χ1v) is 7.17. The molecule has 2 aromatic rings. The number of phenols is 1. The first-order valence-electron chi connectivity index (χ1n) is 7.17. The molecule has 25 heavy (non-hydrogen) atoms. The normalized spacial score (nSPS) is 10.9. The third kappa shape index (κ3) is 4.69. The first-order chi connectivity index (χ1) is 11.9. The van der Waals surface area contributed by atoms with Crippen LogP contribution in [0.25, 0.3) is 6.08 Å². The van der Waals surface area contributed by atoms with E-state index < -0.39 is 6.61 Å². The van der Waals surface area contributed by atoms with Crippen LogP contribution in [0.2, 0.25) is 0 Å². The van der Waals surface area contributed by atoms with Gasteiger partial charge < -0.3 is 19.3 Å². The lowest BCUT2D eigenvalue weighted by Crippen LogP contribution is -2.03. The van der Waals surface area contributed by atoms with Gasteiger partial charge >= 0.3 is 6.61 Å². The van der Waals surface area contributed by atoms with Gasteiger partial charge in [0.05, 0.1) is 14.2 Å². The number of benzene rings is 2. The molecule has 0 bridgehead atoms. The summed E-state index contributed by atoms with van der Waals surface area (Å²) in [4.78, 5) is 12.2. The fourth-order valence-corrected chi connectivity index (χ4v) is 2.08. The van der Waals surface area contributed by atoms with Gasteiger partial charge in [-0.2, -0.15) is 8.78 Å². The van der Waals surface area contributed by atoms with Gasteiger partial charge in [0.25, 0.3) is 0 Å². The molecule has 5 nitrogen and oxygen atoms in total. The second-order valence-electron chi connectivity index (χ2n) is 4.87. The zero-order chi connectivity index (χ0) is 18.4. The van der Waals surface area contributed by atoms with Crippen molar-refractivity contribution < 1.29 is 32.9 Å². The topological polar surface area (TPSA) is 65.0 Å². The molecule has 0 heterocycles. The Morgan fingerprint density at radius 2 is 1.76 bits per heavy atom. The molecule has 0 aliphatic rings. The van der Waals surface area contributed by atoms with Crippen molar-refractivity contribution in [2.24, 2.45) is 0 Å². The number of allylic oxidation sites excluding steroid dienone is 1. The molecule has 2 rings (SSSR count). The quantitative estimate of drug-likeness (QED) is 0.606. The van der Waals surface area contributed by atoms with Crippen molar-refractivity contribution in [2.75, 3.05) is 14.2 Å². The summed E-state index contributed by atoms with van der Waals surface area (Å²) in [6, 6.07) is 8.56. The van der Waals surface area contributed by atoms with Crippen molar-refractivity contribution in [2.45, 2.75) is 6.61 Å². The molecule has 0 radical (unpaired) electrons. The van der Waals surface area contributed by atoms with E-state index in [1.165, 1.54) is 62.8 Å². The summed E-state index contributed by atoms with van der Waals surface area (Å²) >= 11 is 0. The predicted molar refractivity (Wildman–Crippen MR) is 87.6 cm³/mol. The van der Waals surface area contributed by atoms with Crippen molar-refractivity contribution in [3.63, 3.8) is 0 Å². The molecule has 1 N–H and O–H groups in total. The number of halogens is 2. The van der Waals surface area contributed by atoms with E-state index in [9.17, 15) is 18.7 Å². The number of ether oxygens (including phenoxy) is 3. The maximum atomic E-state index is 12.3. The number of ketones is 1. The van der Waals surface area contributed by atoms with Gasteiger partial charge in [-0.05, 0) is 42.0 Å². The van der Waals surface area contributed by atoms with Crippen molar-refractivity contribution in [1.29, 1.82) is 0 Å². The first kappa shape index (κ1) is 18.3. The number of hydrogen-bond donors (Lipinski definition) is 1. The van der Waals surface area contributed by atoms with Crippen LogP contribution in [0.15, 0.2) is 42.5 Å². The average molecular weight is 350 g/mol. The molecule has 0 aliphatic carbocycles. The molecule has 0 atom stereocenters. The fourth-order valence-electron chi connectivity index (χ4n) is 2.08. The average Bonchev–Trinajstić information content (AvgIpc) is 2.60. The van der Waals surface area contributed by atoms with Gasteiger partial charge in [0.1, 0.15) is 0 Å². The smallest absolute Gasteiger partial charge is 0.387 e. The Labute approximate surface area is 143 Å². The molecular weight excluding hydrogens is 334 g/mol. The SMILES string of the molecule is COc1cc(C(=O)C=Cc2ccc(OC(F)F)c(OC)c2)ccc1O. The molecule has 0 saturated carbocycles. The number of rotatable bonds is 7.